The maximum absolute atomic E-state index is 5.33. The maximum Gasteiger partial charge on any atom is 0.178 e. The maximum atomic E-state index is 5.33. The van der Waals surface area contributed by atoms with E-state index in [1.807, 2.05) is 29.8 Å². The summed E-state index contributed by atoms with van der Waals surface area (Å²) in [6.07, 6.45) is 3.39. The van der Waals surface area contributed by atoms with Gasteiger partial charge in [0.1, 0.15) is 6.73 Å². The average molecular weight is 280 g/mol. The number of methoxy groups -OCH3 is 1. The van der Waals surface area contributed by atoms with Crippen molar-refractivity contribution in [2.45, 2.75) is 6.92 Å². The molecule has 0 N–H and O–H groups in total. The van der Waals surface area contributed by atoms with E-state index < -0.39 is 0 Å². The van der Waals surface area contributed by atoms with Crippen LogP contribution in [0.25, 0.3) is 0 Å². The Morgan fingerprint density at radius 1 is 1.14 bits per heavy atom. The summed E-state index contributed by atoms with van der Waals surface area (Å²) in [6, 6.07) is 6.12. The highest BCUT2D eigenvalue weighted by Crippen LogP contribution is 2.44. The second-order valence-corrected chi connectivity index (χ2v) is 4.69. The van der Waals surface area contributed by atoms with Gasteiger partial charge in [-0.25, -0.2) is 9.97 Å². The number of rotatable bonds is 2. The summed E-state index contributed by atoms with van der Waals surface area (Å²) >= 11 is 0. The minimum atomic E-state index is 0.412. The predicted octanol–water partition coefficient (Wildman–Crippen LogP) is 2.67. The van der Waals surface area contributed by atoms with Crippen molar-refractivity contribution in [2.24, 2.45) is 0 Å². The van der Waals surface area contributed by atoms with Gasteiger partial charge < -0.3 is 9.64 Å². The lowest BCUT2D eigenvalue weighted by molar-refractivity contribution is 0.205. The van der Waals surface area contributed by atoms with E-state index in [2.05, 4.69) is 33.9 Å². The van der Waals surface area contributed by atoms with Gasteiger partial charge in [-0.1, -0.05) is 5.92 Å². The third-order valence-electron chi connectivity index (χ3n) is 3.39. The second-order valence-electron chi connectivity index (χ2n) is 4.69. The molecule has 0 saturated carbocycles. The molecule has 0 atom stereocenters. The molecular formula is C16H16N4O. The van der Waals surface area contributed by atoms with Gasteiger partial charge in [0.15, 0.2) is 11.6 Å². The number of benzene rings is 1. The Labute approximate surface area is 124 Å². The van der Waals surface area contributed by atoms with Crippen molar-refractivity contribution in [3.05, 3.63) is 36.2 Å². The number of hydrogen-bond acceptors (Lipinski definition) is 5. The van der Waals surface area contributed by atoms with Crippen molar-refractivity contribution in [3.8, 4) is 11.8 Å². The summed E-state index contributed by atoms with van der Waals surface area (Å²) in [4.78, 5) is 12.9. The molecule has 2 aromatic rings. The molecule has 1 aromatic heterocycles. The fourth-order valence-electron chi connectivity index (χ4n) is 2.48. The number of ether oxygens (including phenoxy) is 1. The molecule has 0 saturated heterocycles. The van der Waals surface area contributed by atoms with Crippen LogP contribution in [0.1, 0.15) is 12.5 Å². The van der Waals surface area contributed by atoms with Crippen LogP contribution in [0.3, 0.4) is 0 Å². The van der Waals surface area contributed by atoms with Crippen molar-refractivity contribution in [3.63, 3.8) is 0 Å². The van der Waals surface area contributed by atoms with Crippen LogP contribution in [0.15, 0.2) is 30.6 Å². The molecule has 1 aliphatic rings. The molecule has 3 rings (SSSR count). The van der Waals surface area contributed by atoms with Crippen molar-refractivity contribution in [1.82, 2.24) is 9.97 Å². The van der Waals surface area contributed by atoms with Gasteiger partial charge in [-0.3, -0.25) is 4.90 Å². The summed E-state index contributed by atoms with van der Waals surface area (Å²) in [5.74, 6) is 7.62. The smallest absolute Gasteiger partial charge is 0.178 e. The largest absolute Gasteiger partial charge is 0.364 e. The topological polar surface area (TPSA) is 41.5 Å². The molecule has 0 fully saturated rings. The average Bonchev–Trinajstić information content (AvgIpc) is 2.52. The SMILES string of the molecule is CC#Cc1ccc2c(c1)N(COC)c1nccnc1N2C. The minimum Gasteiger partial charge on any atom is -0.364 e. The zero-order chi connectivity index (χ0) is 14.8. The first-order chi connectivity index (χ1) is 10.3. The third-order valence-corrected chi connectivity index (χ3v) is 3.39. The van der Waals surface area contributed by atoms with Crippen LogP contribution in [0, 0.1) is 11.8 Å². The second kappa shape index (κ2) is 5.43. The Kier molecular flexibility index (Phi) is 3.46. The molecule has 0 spiro atoms. The van der Waals surface area contributed by atoms with Crippen LogP contribution in [-0.2, 0) is 4.74 Å². The lowest BCUT2D eigenvalue weighted by Crippen LogP contribution is -2.30. The first-order valence-corrected chi connectivity index (χ1v) is 6.64. The quantitative estimate of drug-likeness (QED) is 0.791. The van der Waals surface area contributed by atoms with E-state index in [1.54, 1.807) is 19.5 Å². The van der Waals surface area contributed by atoms with Crippen molar-refractivity contribution >= 4 is 23.0 Å². The van der Waals surface area contributed by atoms with E-state index in [9.17, 15) is 0 Å². The number of anilines is 4. The summed E-state index contributed by atoms with van der Waals surface area (Å²) in [5, 5.41) is 0. The van der Waals surface area contributed by atoms with E-state index >= 15 is 0 Å². The number of hydrogen-bond donors (Lipinski definition) is 0. The first kappa shape index (κ1) is 13.4. The van der Waals surface area contributed by atoms with E-state index in [-0.39, 0.29) is 0 Å². The monoisotopic (exact) mass is 280 g/mol. The first-order valence-electron chi connectivity index (χ1n) is 6.64. The van der Waals surface area contributed by atoms with Crippen molar-refractivity contribution < 1.29 is 4.74 Å². The molecular weight excluding hydrogens is 264 g/mol. The zero-order valence-corrected chi connectivity index (χ0v) is 12.3. The molecule has 5 heteroatoms. The summed E-state index contributed by atoms with van der Waals surface area (Å²) in [7, 11) is 3.66. The highest BCUT2D eigenvalue weighted by molar-refractivity contribution is 5.89. The Balaban J connectivity index is 2.19. The van der Waals surface area contributed by atoms with Crippen LogP contribution in [0.5, 0.6) is 0 Å². The standard InChI is InChI=1S/C16H16N4O/c1-4-5-12-6-7-13-14(10-12)20(11-21-3)16-15(19(13)2)17-8-9-18-16/h6-10H,11H2,1-3H3. The van der Waals surface area contributed by atoms with Gasteiger partial charge in [0.2, 0.25) is 0 Å². The Bertz CT molecular complexity index is 733. The van der Waals surface area contributed by atoms with Gasteiger partial charge in [-0.15, -0.1) is 5.92 Å². The van der Waals surface area contributed by atoms with Gasteiger partial charge in [0.05, 0.1) is 11.4 Å². The molecule has 5 nitrogen and oxygen atoms in total. The molecule has 1 aliphatic heterocycles. The van der Waals surface area contributed by atoms with Crippen LogP contribution in [0.2, 0.25) is 0 Å². The summed E-state index contributed by atoms with van der Waals surface area (Å²) < 4.78 is 5.33. The Morgan fingerprint density at radius 2 is 1.90 bits per heavy atom. The van der Waals surface area contributed by atoms with E-state index in [0.29, 0.717) is 6.73 Å². The zero-order valence-electron chi connectivity index (χ0n) is 12.3. The van der Waals surface area contributed by atoms with Crippen molar-refractivity contribution in [2.75, 3.05) is 30.7 Å². The van der Waals surface area contributed by atoms with Gasteiger partial charge in [0, 0.05) is 32.1 Å². The molecule has 0 bridgehead atoms. The third kappa shape index (κ3) is 2.20. The van der Waals surface area contributed by atoms with Crippen LogP contribution in [0.4, 0.5) is 23.0 Å². The van der Waals surface area contributed by atoms with Gasteiger partial charge in [-0.05, 0) is 25.1 Å². The van der Waals surface area contributed by atoms with Gasteiger partial charge in [-0.2, -0.15) is 0 Å². The Hall–Kier alpha value is -2.58. The highest BCUT2D eigenvalue weighted by Gasteiger charge is 2.28. The molecule has 106 valence electrons. The van der Waals surface area contributed by atoms with Crippen LogP contribution in [-0.4, -0.2) is 30.9 Å². The molecule has 0 amide bonds. The lowest BCUT2D eigenvalue weighted by atomic mass is 10.1. The van der Waals surface area contributed by atoms with E-state index in [0.717, 1.165) is 28.6 Å². The molecule has 2 heterocycles. The van der Waals surface area contributed by atoms with Crippen LogP contribution >= 0.6 is 0 Å². The van der Waals surface area contributed by atoms with Gasteiger partial charge in [0.25, 0.3) is 0 Å². The predicted molar refractivity (Wildman–Crippen MR) is 83.1 cm³/mol. The number of nitrogens with zero attached hydrogens (tertiary/aromatic N) is 4. The molecule has 0 radical (unpaired) electrons. The summed E-state index contributed by atoms with van der Waals surface area (Å²) in [6.45, 7) is 2.24. The van der Waals surface area contributed by atoms with E-state index in [4.69, 9.17) is 4.74 Å². The molecule has 1 aromatic carbocycles. The minimum absolute atomic E-state index is 0.412. The number of fused-ring (bicyclic) bond motifs is 2. The fourth-order valence-corrected chi connectivity index (χ4v) is 2.48. The number of aromatic nitrogens is 2. The molecule has 0 aliphatic carbocycles. The van der Waals surface area contributed by atoms with E-state index in [1.165, 1.54) is 0 Å². The normalized spacial score (nSPS) is 12.3. The molecule has 21 heavy (non-hydrogen) atoms. The fraction of sp³-hybridized carbons (Fsp3) is 0.250. The summed E-state index contributed by atoms with van der Waals surface area (Å²) in [5.41, 5.74) is 3.05. The van der Waals surface area contributed by atoms with Crippen LogP contribution < -0.4 is 9.80 Å². The van der Waals surface area contributed by atoms with Gasteiger partial charge >= 0.3 is 0 Å². The highest BCUT2D eigenvalue weighted by atomic mass is 16.5. The Morgan fingerprint density at radius 3 is 2.62 bits per heavy atom. The van der Waals surface area contributed by atoms with Crippen molar-refractivity contribution in [1.29, 1.82) is 0 Å². The lowest BCUT2D eigenvalue weighted by Gasteiger charge is -2.36. The molecule has 0 unspecified atom stereocenters.